The number of carbonyl (C=O) groups excluding carboxylic acids is 1. The minimum atomic E-state index is -0.478. The molecule has 0 bridgehead atoms. The number of aryl methyl sites for hydroxylation is 1. The minimum Gasteiger partial charge on any atom is -0.349 e. The van der Waals surface area contributed by atoms with Crippen molar-refractivity contribution < 1.29 is 13.6 Å². The first-order valence-electron chi connectivity index (χ1n) is 13.4. The van der Waals surface area contributed by atoms with Gasteiger partial charge in [0.05, 0.1) is 11.6 Å². The zero-order valence-corrected chi connectivity index (χ0v) is 21.4. The van der Waals surface area contributed by atoms with Gasteiger partial charge >= 0.3 is 0 Å². The molecule has 1 aliphatic carbocycles. The Morgan fingerprint density at radius 2 is 1.95 bits per heavy atom. The standard InChI is InChI=1S/C28H31F2N7O/c1-2-36-26(31-17-32-36)18-8-11-20(12-9-18)33-28(38)25-24-6-3-4-15-37(24)34-27(25)35-14-5-7-23(35)21-16-19(29)10-13-22(21)30/h3-4,6,10,13,15-18,20,23H,2,5,7-9,11-12,14H2,1H3,(H,33,38)/t18?,20?,23-/m1/s1. The van der Waals surface area contributed by atoms with Gasteiger partial charge < -0.3 is 10.2 Å². The van der Waals surface area contributed by atoms with Gasteiger partial charge in [0, 0.05) is 36.8 Å². The predicted molar refractivity (Wildman–Crippen MR) is 139 cm³/mol. The number of aromatic nitrogens is 5. The zero-order chi connectivity index (χ0) is 26.2. The molecule has 10 heteroatoms. The van der Waals surface area contributed by atoms with Gasteiger partial charge in [-0.1, -0.05) is 6.07 Å². The van der Waals surface area contributed by atoms with Crippen LogP contribution in [0.5, 0.6) is 0 Å². The third kappa shape index (κ3) is 4.41. The molecule has 1 aliphatic heterocycles. The average molecular weight is 520 g/mol. The van der Waals surface area contributed by atoms with E-state index >= 15 is 0 Å². The Hall–Kier alpha value is -3.82. The smallest absolute Gasteiger partial charge is 0.257 e. The second-order valence-electron chi connectivity index (χ2n) is 10.2. The largest absolute Gasteiger partial charge is 0.349 e. The second-order valence-corrected chi connectivity index (χ2v) is 10.2. The molecule has 2 fully saturated rings. The van der Waals surface area contributed by atoms with Crippen LogP contribution >= 0.6 is 0 Å². The SMILES string of the molecule is CCn1ncnc1C1CCC(NC(=O)c2c(N3CCC[C@@H]3c3cc(F)ccc3F)nn3ccccc23)CC1. The Bertz CT molecular complexity index is 1460. The highest BCUT2D eigenvalue weighted by atomic mass is 19.1. The molecule has 1 aromatic carbocycles. The number of nitrogens with one attached hydrogen (secondary N) is 1. The van der Waals surface area contributed by atoms with Crippen molar-refractivity contribution in [2.75, 3.05) is 11.4 Å². The summed E-state index contributed by atoms with van der Waals surface area (Å²) in [4.78, 5) is 20.2. The topological polar surface area (TPSA) is 80.3 Å². The molecule has 0 unspecified atom stereocenters. The maximum absolute atomic E-state index is 14.8. The molecule has 4 aromatic rings. The number of halogens is 2. The number of hydrogen-bond donors (Lipinski definition) is 1. The second kappa shape index (κ2) is 10.2. The van der Waals surface area contributed by atoms with Gasteiger partial charge in [-0.05, 0) is 75.8 Å². The van der Waals surface area contributed by atoms with E-state index in [1.807, 2.05) is 27.8 Å². The first-order chi connectivity index (χ1) is 18.5. The Labute approximate surface area is 219 Å². The van der Waals surface area contributed by atoms with E-state index in [9.17, 15) is 13.6 Å². The van der Waals surface area contributed by atoms with Gasteiger partial charge in [-0.2, -0.15) is 5.10 Å². The fourth-order valence-corrected chi connectivity index (χ4v) is 6.11. The van der Waals surface area contributed by atoms with Crippen molar-refractivity contribution in [1.82, 2.24) is 29.7 Å². The van der Waals surface area contributed by atoms with E-state index in [2.05, 4.69) is 22.3 Å². The van der Waals surface area contributed by atoms with Crippen LogP contribution in [0.2, 0.25) is 0 Å². The number of pyridine rings is 1. The van der Waals surface area contributed by atoms with Crippen LogP contribution in [0.15, 0.2) is 48.9 Å². The van der Waals surface area contributed by atoms with Gasteiger partial charge in [0.25, 0.3) is 5.91 Å². The predicted octanol–water partition coefficient (Wildman–Crippen LogP) is 5.02. The number of carbonyl (C=O) groups is 1. The number of amides is 1. The molecule has 3 aromatic heterocycles. The van der Waals surface area contributed by atoms with Gasteiger partial charge in [-0.15, -0.1) is 5.10 Å². The maximum atomic E-state index is 14.8. The number of fused-ring (bicyclic) bond motifs is 1. The van der Waals surface area contributed by atoms with Crippen molar-refractivity contribution in [2.45, 2.75) is 70.0 Å². The number of anilines is 1. The summed E-state index contributed by atoms with van der Waals surface area (Å²) in [6.07, 6.45) is 8.42. The van der Waals surface area contributed by atoms with Gasteiger partial charge in [0.2, 0.25) is 0 Å². The number of rotatable bonds is 6. The van der Waals surface area contributed by atoms with Crippen LogP contribution in [0, 0.1) is 11.6 Å². The van der Waals surface area contributed by atoms with E-state index in [1.165, 1.54) is 6.07 Å². The monoisotopic (exact) mass is 519 g/mol. The van der Waals surface area contributed by atoms with Crippen molar-refractivity contribution in [1.29, 1.82) is 0 Å². The molecule has 0 spiro atoms. The molecule has 1 N–H and O–H groups in total. The molecule has 1 saturated carbocycles. The normalized spacial score (nSPS) is 21.8. The molecule has 0 radical (unpaired) electrons. The number of hydrogen-bond acceptors (Lipinski definition) is 5. The quantitative estimate of drug-likeness (QED) is 0.387. The first-order valence-corrected chi connectivity index (χ1v) is 13.4. The average Bonchev–Trinajstić information content (AvgIpc) is 3.68. The lowest BCUT2D eigenvalue weighted by Crippen LogP contribution is -2.38. The molecule has 4 heterocycles. The van der Waals surface area contributed by atoms with Crippen LogP contribution in [0.3, 0.4) is 0 Å². The van der Waals surface area contributed by atoms with Crippen molar-refractivity contribution >= 4 is 17.2 Å². The molecule has 6 rings (SSSR count). The molecular formula is C28H31F2N7O. The third-order valence-electron chi connectivity index (χ3n) is 7.96. The van der Waals surface area contributed by atoms with E-state index in [0.717, 1.165) is 56.6 Å². The maximum Gasteiger partial charge on any atom is 0.257 e. The first kappa shape index (κ1) is 24.5. The van der Waals surface area contributed by atoms with Gasteiger partial charge in [-0.25, -0.2) is 18.3 Å². The van der Waals surface area contributed by atoms with E-state index in [0.29, 0.717) is 41.3 Å². The van der Waals surface area contributed by atoms with Crippen LogP contribution in [-0.4, -0.2) is 42.9 Å². The molecule has 1 atom stereocenters. The Morgan fingerprint density at radius 3 is 2.76 bits per heavy atom. The highest BCUT2D eigenvalue weighted by Crippen LogP contribution is 2.39. The fourth-order valence-electron chi connectivity index (χ4n) is 6.11. The van der Waals surface area contributed by atoms with E-state index in [4.69, 9.17) is 5.10 Å². The zero-order valence-electron chi connectivity index (χ0n) is 21.4. The molecular weight excluding hydrogens is 488 g/mol. The van der Waals surface area contributed by atoms with Crippen LogP contribution in [0.4, 0.5) is 14.6 Å². The van der Waals surface area contributed by atoms with Crippen LogP contribution in [-0.2, 0) is 6.54 Å². The van der Waals surface area contributed by atoms with Crippen molar-refractivity contribution in [3.05, 3.63) is 77.5 Å². The minimum absolute atomic E-state index is 0.0401. The lowest BCUT2D eigenvalue weighted by Gasteiger charge is -2.29. The van der Waals surface area contributed by atoms with Gasteiger partial charge in [0.15, 0.2) is 5.82 Å². The Kier molecular flexibility index (Phi) is 6.55. The Morgan fingerprint density at radius 1 is 1.11 bits per heavy atom. The third-order valence-corrected chi connectivity index (χ3v) is 7.96. The van der Waals surface area contributed by atoms with Gasteiger partial charge in [0.1, 0.15) is 29.3 Å². The van der Waals surface area contributed by atoms with Crippen LogP contribution < -0.4 is 10.2 Å². The fraction of sp³-hybridized carbons (Fsp3) is 0.429. The highest BCUT2D eigenvalue weighted by molar-refractivity contribution is 6.06. The van der Waals surface area contributed by atoms with Crippen molar-refractivity contribution in [2.24, 2.45) is 0 Å². The van der Waals surface area contributed by atoms with Crippen molar-refractivity contribution in [3.63, 3.8) is 0 Å². The summed E-state index contributed by atoms with van der Waals surface area (Å²) in [5.41, 5.74) is 1.46. The van der Waals surface area contributed by atoms with Gasteiger partial charge in [-0.3, -0.25) is 9.48 Å². The summed E-state index contributed by atoms with van der Waals surface area (Å²) in [7, 11) is 0. The summed E-state index contributed by atoms with van der Waals surface area (Å²) in [6.45, 7) is 3.46. The van der Waals surface area contributed by atoms with Crippen LogP contribution in [0.25, 0.3) is 5.52 Å². The van der Waals surface area contributed by atoms with E-state index in [-0.39, 0.29) is 11.9 Å². The molecule has 1 amide bonds. The number of nitrogens with zero attached hydrogens (tertiary/aromatic N) is 6. The molecule has 8 nitrogen and oxygen atoms in total. The summed E-state index contributed by atoms with van der Waals surface area (Å²) in [5.74, 6) is 0.746. The lowest BCUT2D eigenvalue weighted by molar-refractivity contribution is 0.0927. The molecule has 38 heavy (non-hydrogen) atoms. The van der Waals surface area contributed by atoms with Crippen LogP contribution in [0.1, 0.15) is 79.2 Å². The van der Waals surface area contributed by atoms with E-state index < -0.39 is 17.7 Å². The Balaban J connectivity index is 1.26. The molecule has 1 saturated heterocycles. The summed E-state index contributed by atoms with van der Waals surface area (Å²) < 4.78 is 32.4. The molecule has 198 valence electrons. The molecule has 2 aliphatic rings. The highest BCUT2D eigenvalue weighted by Gasteiger charge is 2.35. The van der Waals surface area contributed by atoms with Crippen molar-refractivity contribution in [3.8, 4) is 0 Å². The summed E-state index contributed by atoms with van der Waals surface area (Å²) in [5, 5.41) is 12.3. The van der Waals surface area contributed by atoms with E-state index in [1.54, 1.807) is 17.0 Å². The summed E-state index contributed by atoms with van der Waals surface area (Å²) >= 11 is 0. The summed E-state index contributed by atoms with van der Waals surface area (Å²) in [6, 6.07) is 8.79. The lowest BCUT2D eigenvalue weighted by atomic mass is 9.85. The number of benzene rings is 1.